The van der Waals surface area contributed by atoms with E-state index < -0.39 is 0 Å². The highest BCUT2D eigenvalue weighted by molar-refractivity contribution is 9.13. The molecule has 0 unspecified atom stereocenters. The first-order valence-electron chi connectivity index (χ1n) is 6.50. The quantitative estimate of drug-likeness (QED) is 0.581. The van der Waals surface area contributed by atoms with E-state index >= 15 is 0 Å². The van der Waals surface area contributed by atoms with Crippen molar-refractivity contribution in [3.8, 4) is 0 Å². The number of aromatic amines is 1. The van der Waals surface area contributed by atoms with Gasteiger partial charge in [0.05, 0.1) is 5.56 Å². The lowest BCUT2D eigenvalue weighted by Gasteiger charge is -1.99. The highest BCUT2D eigenvalue weighted by atomic mass is 79.9. The largest absolute Gasteiger partial charge is 0.360 e. The lowest BCUT2D eigenvalue weighted by Crippen LogP contribution is -2.02. The summed E-state index contributed by atoms with van der Waals surface area (Å²) in [5.74, 6) is -0.235. The van der Waals surface area contributed by atoms with Gasteiger partial charge in [-0.25, -0.2) is 4.98 Å². The summed E-state index contributed by atoms with van der Waals surface area (Å²) in [6, 6.07) is 3.79. The van der Waals surface area contributed by atoms with Crippen LogP contribution in [0, 0.1) is 0 Å². The second-order valence-corrected chi connectivity index (χ2v) is 7.22. The molecule has 1 aromatic carbocycles. The van der Waals surface area contributed by atoms with Crippen LogP contribution < -0.4 is 0 Å². The van der Waals surface area contributed by atoms with E-state index in [1.165, 1.54) is 11.3 Å². The number of H-pyrrole nitrogens is 1. The summed E-state index contributed by atoms with van der Waals surface area (Å²) in [4.78, 5) is 31.5. The number of Topliss-reactive ketones (excluding diaryl/α,β-unsaturated/α-hetero) is 1. The van der Waals surface area contributed by atoms with Crippen LogP contribution in [0.25, 0.3) is 10.9 Å². The third-order valence-corrected chi connectivity index (χ3v) is 5.96. The van der Waals surface area contributed by atoms with Crippen molar-refractivity contribution in [1.82, 2.24) is 9.97 Å². The van der Waals surface area contributed by atoms with Gasteiger partial charge in [-0.1, -0.05) is 6.92 Å². The Labute approximate surface area is 147 Å². The van der Waals surface area contributed by atoms with E-state index in [-0.39, 0.29) is 11.6 Å². The zero-order valence-corrected chi connectivity index (χ0v) is 15.4. The number of ketones is 2. The molecule has 0 saturated heterocycles. The number of carbonyl (C=O) groups is 2. The van der Waals surface area contributed by atoms with Gasteiger partial charge in [0.15, 0.2) is 10.8 Å². The molecule has 0 saturated carbocycles. The SMILES string of the molecule is CCC(=O)c1csc(C(=O)c2c[nH]c3cc(Br)c(Br)cc23)n1. The number of hydrogen-bond acceptors (Lipinski definition) is 4. The Morgan fingerprint density at radius 1 is 1.27 bits per heavy atom. The maximum absolute atomic E-state index is 12.6. The minimum atomic E-state index is -0.180. The van der Waals surface area contributed by atoms with E-state index in [0.717, 1.165) is 19.8 Å². The van der Waals surface area contributed by atoms with E-state index in [9.17, 15) is 9.59 Å². The number of benzene rings is 1. The molecule has 2 heterocycles. The predicted octanol–water partition coefficient (Wildman–Crippen LogP) is 4.97. The van der Waals surface area contributed by atoms with Gasteiger partial charge < -0.3 is 4.98 Å². The van der Waals surface area contributed by atoms with Crippen LogP contribution in [0.3, 0.4) is 0 Å². The number of fused-ring (bicyclic) bond motifs is 1. The normalized spacial score (nSPS) is 11.0. The molecule has 0 radical (unpaired) electrons. The summed E-state index contributed by atoms with van der Waals surface area (Å²) >= 11 is 8.08. The van der Waals surface area contributed by atoms with E-state index in [0.29, 0.717) is 22.7 Å². The first-order valence-corrected chi connectivity index (χ1v) is 8.97. The fraction of sp³-hybridized carbons (Fsp3) is 0.133. The topological polar surface area (TPSA) is 62.8 Å². The molecule has 3 rings (SSSR count). The maximum atomic E-state index is 12.6. The Kier molecular flexibility index (Phi) is 4.29. The number of aromatic nitrogens is 2. The first kappa shape index (κ1) is 15.6. The fourth-order valence-corrected chi connectivity index (χ4v) is 3.57. The molecule has 1 N–H and O–H groups in total. The molecule has 0 atom stereocenters. The molecule has 4 nitrogen and oxygen atoms in total. The van der Waals surface area contributed by atoms with Crippen LogP contribution in [0.5, 0.6) is 0 Å². The van der Waals surface area contributed by atoms with E-state index in [1.54, 1.807) is 18.5 Å². The Morgan fingerprint density at radius 3 is 2.73 bits per heavy atom. The highest BCUT2D eigenvalue weighted by Crippen LogP contribution is 2.31. The first-order chi connectivity index (χ1) is 10.5. The van der Waals surface area contributed by atoms with Crippen molar-refractivity contribution in [2.45, 2.75) is 13.3 Å². The molecule has 0 spiro atoms. The van der Waals surface area contributed by atoms with E-state index in [4.69, 9.17) is 0 Å². The average molecular weight is 442 g/mol. The second-order valence-electron chi connectivity index (χ2n) is 4.66. The van der Waals surface area contributed by atoms with Crippen LogP contribution in [0.4, 0.5) is 0 Å². The van der Waals surface area contributed by atoms with Crippen molar-refractivity contribution in [3.63, 3.8) is 0 Å². The van der Waals surface area contributed by atoms with Gasteiger partial charge in [0.2, 0.25) is 5.78 Å². The van der Waals surface area contributed by atoms with Crippen LogP contribution in [0.2, 0.25) is 0 Å². The summed E-state index contributed by atoms with van der Waals surface area (Å²) in [6.07, 6.45) is 2.06. The predicted molar refractivity (Wildman–Crippen MR) is 93.9 cm³/mol. The number of nitrogens with one attached hydrogen (secondary N) is 1. The van der Waals surface area contributed by atoms with Crippen LogP contribution in [-0.2, 0) is 0 Å². The molecule has 7 heteroatoms. The van der Waals surface area contributed by atoms with Crippen molar-refractivity contribution in [2.24, 2.45) is 0 Å². The zero-order valence-electron chi connectivity index (χ0n) is 11.4. The number of rotatable bonds is 4. The molecule has 3 aromatic rings. The lowest BCUT2D eigenvalue weighted by atomic mass is 10.1. The van der Waals surface area contributed by atoms with E-state index in [2.05, 4.69) is 41.8 Å². The number of hydrogen-bond donors (Lipinski definition) is 1. The zero-order chi connectivity index (χ0) is 15.9. The minimum Gasteiger partial charge on any atom is -0.360 e. The monoisotopic (exact) mass is 440 g/mol. The van der Waals surface area contributed by atoms with E-state index in [1.807, 2.05) is 12.1 Å². The molecule has 0 fully saturated rings. The molecule has 0 bridgehead atoms. The van der Waals surface area contributed by atoms with Crippen molar-refractivity contribution in [2.75, 3.05) is 0 Å². The molecule has 0 aliphatic heterocycles. The number of halogens is 2. The third-order valence-electron chi connectivity index (χ3n) is 3.27. The van der Waals surface area contributed by atoms with Gasteiger partial charge in [0, 0.05) is 37.8 Å². The van der Waals surface area contributed by atoms with Gasteiger partial charge in [-0.05, 0) is 44.0 Å². The van der Waals surface area contributed by atoms with Crippen molar-refractivity contribution >= 4 is 65.7 Å². The van der Waals surface area contributed by atoms with Crippen molar-refractivity contribution in [1.29, 1.82) is 0 Å². The minimum absolute atomic E-state index is 0.0547. The van der Waals surface area contributed by atoms with Crippen molar-refractivity contribution < 1.29 is 9.59 Å². The van der Waals surface area contributed by atoms with Crippen molar-refractivity contribution in [3.05, 3.63) is 48.9 Å². The van der Waals surface area contributed by atoms with Gasteiger partial charge in [-0.3, -0.25) is 9.59 Å². The van der Waals surface area contributed by atoms with Gasteiger partial charge >= 0.3 is 0 Å². The Hall–Kier alpha value is -1.31. The molecule has 112 valence electrons. The molecule has 22 heavy (non-hydrogen) atoms. The summed E-state index contributed by atoms with van der Waals surface area (Å²) in [5.41, 5.74) is 1.77. The lowest BCUT2D eigenvalue weighted by molar-refractivity contribution is 0.0984. The maximum Gasteiger partial charge on any atom is 0.223 e. The molecule has 0 aliphatic rings. The Bertz CT molecular complexity index is 898. The van der Waals surface area contributed by atoms with Crippen LogP contribution in [0.15, 0.2) is 32.7 Å². The standard InChI is InChI=1S/C15H10Br2N2O2S/c1-2-13(20)12-6-22-15(19-12)14(21)8-5-18-11-4-10(17)9(16)3-7(8)11/h3-6,18H,2H2,1H3. The van der Waals surface area contributed by atoms with Crippen LogP contribution in [0.1, 0.15) is 39.2 Å². The fourth-order valence-electron chi connectivity index (χ4n) is 2.11. The average Bonchev–Trinajstić information content (AvgIpc) is 3.13. The van der Waals surface area contributed by atoms with Gasteiger partial charge in [0.25, 0.3) is 0 Å². The second kappa shape index (κ2) is 6.06. The molecule has 0 aliphatic carbocycles. The molecular formula is C15H10Br2N2O2S. The number of carbonyl (C=O) groups excluding carboxylic acids is 2. The highest BCUT2D eigenvalue weighted by Gasteiger charge is 2.19. The smallest absolute Gasteiger partial charge is 0.223 e. The number of nitrogens with zero attached hydrogens (tertiary/aromatic N) is 1. The van der Waals surface area contributed by atoms with Gasteiger partial charge in [-0.2, -0.15) is 0 Å². The number of thiazole rings is 1. The third kappa shape index (κ3) is 2.68. The van der Waals surface area contributed by atoms with Gasteiger partial charge in [-0.15, -0.1) is 11.3 Å². The Balaban J connectivity index is 2.04. The summed E-state index contributed by atoms with van der Waals surface area (Å²) in [7, 11) is 0. The Morgan fingerprint density at radius 2 is 2.00 bits per heavy atom. The van der Waals surface area contributed by atoms with Gasteiger partial charge in [0.1, 0.15) is 5.69 Å². The molecule has 2 aromatic heterocycles. The van der Waals surface area contributed by atoms with Crippen LogP contribution in [-0.4, -0.2) is 21.5 Å². The summed E-state index contributed by atoms with van der Waals surface area (Å²) < 4.78 is 1.78. The summed E-state index contributed by atoms with van der Waals surface area (Å²) in [6.45, 7) is 1.78. The summed E-state index contributed by atoms with van der Waals surface area (Å²) in [5, 5.41) is 2.79. The van der Waals surface area contributed by atoms with Crippen LogP contribution >= 0.6 is 43.2 Å². The molecule has 0 amide bonds. The molecular weight excluding hydrogens is 432 g/mol.